The van der Waals surface area contributed by atoms with Crippen molar-refractivity contribution in [2.24, 2.45) is 5.73 Å². The molecular weight excluding hydrogens is 556 g/mol. The van der Waals surface area contributed by atoms with Crippen LogP contribution in [-0.4, -0.2) is 33.0 Å². The van der Waals surface area contributed by atoms with Gasteiger partial charge in [0.1, 0.15) is 11.6 Å². The van der Waals surface area contributed by atoms with E-state index in [1.54, 1.807) is 67.0 Å². The Morgan fingerprint density at radius 2 is 1.74 bits per heavy atom. The average Bonchev–Trinajstić information content (AvgIpc) is 3.37. The lowest BCUT2D eigenvalue weighted by Crippen LogP contribution is -2.32. The fraction of sp³-hybridized carbons (Fsp3) is 0.125. The minimum atomic E-state index is -1.15. The zero-order chi connectivity index (χ0) is 30.5. The van der Waals surface area contributed by atoms with E-state index in [1.165, 1.54) is 12.1 Å². The summed E-state index contributed by atoms with van der Waals surface area (Å²) < 4.78 is 28.2. The molecule has 0 saturated carbocycles. The van der Waals surface area contributed by atoms with E-state index in [2.05, 4.69) is 20.6 Å². The number of H-pyrrole nitrogens is 1. The van der Waals surface area contributed by atoms with Crippen LogP contribution in [0.1, 0.15) is 38.8 Å². The van der Waals surface area contributed by atoms with Gasteiger partial charge in [0.15, 0.2) is 0 Å². The van der Waals surface area contributed by atoms with Crippen LogP contribution in [-0.2, 0) is 24.2 Å². The summed E-state index contributed by atoms with van der Waals surface area (Å²) in [5.41, 5.74) is 9.92. The van der Waals surface area contributed by atoms with Gasteiger partial charge in [-0.1, -0.05) is 24.3 Å². The van der Waals surface area contributed by atoms with Crippen LogP contribution in [0.25, 0.3) is 22.0 Å². The summed E-state index contributed by atoms with van der Waals surface area (Å²) in [7, 11) is 0. The number of primary amides is 1. The number of carbonyl (C=O) groups excluding carboxylic acids is 2. The van der Waals surface area contributed by atoms with Gasteiger partial charge in [-0.15, -0.1) is 0 Å². The van der Waals surface area contributed by atoms with E-state index in [0.29, 0.717) is 27.9 Å². The number of nitrogens with one attached hydrogen (secondary N) is 3. The van der Waals surface area contributed by atoms with Crippen molar-refractivity contribution in [1.29, 1.82) is 0 Å². The highest BCUT2D eigenvalue weighted by Gasteiger charge is 2.22. The van der Waals surface area contributed by atoms with Crippen LogP contribution in [0.15, 0.2) is 85.2 Å². The fourth-order valence-corrected chi connectivity index (χ4v) is 5.04. The molecule has 0 radical (unpaired) electrons. The first-order valence-corrected chi connectivity index (χ1v) is 13.3. The molecule has 0 aliphatic rings. The molecule has 9 nitrogen and oxygen atoms in total. The van der Waals surface area contributed by atoms with Crippen molar-refractivity contribution in [2.45, 2.75) is 25.4 Å². The summed E-state index contributed by atoms with van der Waals surface area (Å²) in [4.78, 5) is 43.9. The van der Waals surface area contributed by atoms with Crippen molar-refractivity contribution in [3.05, 3.63) is 125 Å². The van der Waals surface area contributed by atoms with Gasteiger partial charge in [-0.25, -0.2) is 13.6 Å². The number of aromatic amines is 1. The van der Waals surface area contributed by atoms with Gasteiger partial charge < -0.3 is 26.5 Å². The number of nitrogens with two attached hydrogens (primary N) is 1. The van der Waals surface area contributed by atoms with E-state index in [0.717, 1.165) is 22.5 Å². The van der Waals surface area contributed by atoms with E-state index in [9.17, 15) is 23.2 Å². The summed E-state index contributed by atoms with van der Waals surface area (Å²) in [6, 6.07) is 17.9. The molecule has 0 fully saturated rings. The molecule has 3 aromatic carbocycles. The summed E-state index contributed by atoms with van der Waals surface area (Å²) in [6.07, 6.45) is 2.10. The third kappa shape index (κ3) is 7.02. The van der Waals surface area contributed by atoms with Crippen molar-refractivity contribution >= 4 is 28.8 Å². The Kier molecular flexibility index (Phi) is 8.42. The second-order valence-electron chi connectivity index (χ2n) is 10.0. The van der Waals surface area contributed by atoms with Crippen LogP contribution in [0, 0.1) is 11.6 Å². The van der Waals surface area contributed by atoms with E-state index < -0.39 is 29.7 Å². The minimum absolute atomic E-state index is 0.0266. The average molecular weight is 584 g/mol. The smallest absolute Gasteiger partial charge is 0.404 e. The highest BCUT2D eigenvalue weighted by atomic mass is 19.1. The third-order valence-electron chi connectivity index (χ3n) is 6.95. The van der Waals surface area contributed by atoms with E-state index in [-0.39, 0.29) is 30.9 Å². The van der Waals surface area contributed by atoms with Crippen molar-refractivity contribution in [1.82, 2.24) is 20.6 Å². The first kappa shape index (κ1) is 28.9. The lowest BCUT2D eigenvalue weighted by atomic mass is 9.94. The molecule has 1 unspecified atom stereocenters. The highest BCUT2D eigenvalue weighted by Crippen LogP contribution is 2.30. The lowest BCUT2D eigenvalue weighted by Gasteiger charge is -2.22. The number of halogens is 2. The molecule has 11 heteroatoms. The van der Waals surface area contributed by atoms with Crippen molar-refractivity contribution in [3.63, 3.8) is 0 Å². The maximum absolute atomic E-state index is 14.1. The molecule has 43 heavy (non-hydrogen) atoms. The van der Waals surface area contributed by atoms with Crippen LogP contribution in [0.3, 0.4) is 0 Å². The molecule has 3 amide bonds. The van der Waals surface area contributed by atoms with Crippen molar-refractivity contribution in [2.75, 3.05) is 0 Å². The van der Waals surface area contributed by atoms with E-state index in [4.69, 9.17) is 10.8 Å². The Morgan fingerprint density at radius 3 is 2.49 bits per heavy atom. The molecule has 2 aromatic heterocycles. The Labute approximate surface area is 244 Å². The van der Waals surface area contributed by atoms with Crippen LogP contribution in [0.2, 0.25) is 0 Å². The molecule has 5 aromatic rings. The molecule has 218 valence electrons. The second kappa shape index (κ2) is 12.5. The Balaban J connectivity index is 1.48. The van der Waals surface area contributed by atoms with Gasteiger partial charge >= 0.3 is 6.09 Å². The molecular formula is C32H27F2N5O4. The number of hydrogen-bond donors (Lipinski definition) is 5. The van der Waals surface area contributed by atoms with Gasteiger partial charge in [-0.05, 0) is 71.1 Å². The van der Waals surface area contributed by atoms with Gasteiger partial charge in [0.2, 0.25) is 11.8 Å². The molecule has 2 heterocycles. The van der Waals surface area contributed by atoms with Gasteiger partial charge in [0, 0.05) is 47.0 Å². The maximum atomic E-state index is 14.1. The molecule has 0 spiro atoms. The number of pyridine rings is 1. The largest absolute Gasteiger partial charge is 0.465 e. The quantitative estimate of drug-likeness (QED) is 0.157. The highest BCUT2D eigenvalue weighted by molar-refractivity contribution is 5.94. The molecule has 5 rings (SSSR count). The standard InChI is InChI=1S/C32H27F2N5O4/c33-23-9-19(10-24(34)15-23)12-28(30-25(5-2-8-36-30)20-3-1-4-21(13-20)31(35)41)39-29(40)14-22-17-37-27-7-6-18(11-26(22)27)16-38-32(42)43/h1-11,13,15,17,28,37-38H,12,14,16H2,(H2,35,41)(H,39,40)(H,42,43). The van der Waals surface area contributed by atoms with Gasteiger partial charge in [0.25, 0.3) is 0 Å². The van der Waals surface area contributed by atoms with E-state index in [1.807, 2.05) is 0 Å². The Morgan fingerprint density at radius 1 is 0.953 bits per heavy atom. The second-order valence-corrected chi connectivity index (χ2v) is 10.0. The predicted octanol–water partition coefficient (Wildman–Crippen LogP) is 5.02. The number of carboxylic acid groups (broad SMARTS) is 1. The molecule has 0 bridgehead atoms. The molecule has 0 aliphatic carbocycles. The monoisotopic (exact) mass is 583 g/mol. The molecule has 1 atom stereocenters. The number of carbonyl (C=O) groups is 3. The molecule has 0 aliphatic heterocycles. The van der Waals surface area contributed by atoms with Gasteiger partial charge in [-0.3, -0.25) is 14.6 Å². The van der Waals surface area contributed by atoms with Crippen molar-refractivity contribution in [3.8, 4) is 11.1 Å². The van der Waals surface area contributed by atoms with Crippen LogP contribution >= 0.6 is 0 Å². The predicted molar refractivity (Wildman–Crippen MR) is 156 cm³/mol. The Bertz CT molecular complexity index is 1820. The number of aromatic nitrogens is 2. The van der Waals surface area contributed by atoms with Gasteiger partial charge in [-0.2, -0.15) is 0 Å². The minimum Gasteiger partial charge on any atom is -0.465 e. The Hall–Kier alpha value is -5.58. The number of fused-ring (bicyclic) bond motifs is 1. The van der Waals surface area contributed by atoms with Gasteiger partial charge in [0.05, 0.1) is 18.2 Å². The first-order chi connectivity index (χ1) is 20.7. The van der Waals surface area contributed by atoms with E-state index >= 15 is 0 Å². The fourth-order valence-electron chi connectivity index (χ4n) is 5.04. The first-order valence-electron chi connectivity index (χ1n) is 13.3. The normalized spacial score (nSPS) is 11.7. The maximum Gasteiger partial charge on any atom is 0.404 e. The topological polar surface area (TPSA) is 150 Å². The van der Waals surface area contributed by atoms with Crippen LogP contribution in [0.4, 0.5) is 13.6 Å². The third-order valence-corrected chi connectivity index (χ3v) is 6.95. The SMILES string of the molecule is NC(=O)c1cccc(-c2cccnc2C(Cc2cc(F)cc(F)c2)NC(=O)Cc2c[nH]c3ccc(CNC(=O)O)cc23)c1. The number of amides is 3. The summed E-state index contributed by atoms with van der Waals surface area (Å²) in [5.74, 6) is -2.47. The zero-order valence-electron chi connectivity index (χ0n) is 22.7. The number of benzene rings is 3. The number of hydrogen-bond acceptors (Lipinski definition) is 4. The van der Waals surface area contributed by atoms with Crippen molar-refractivity contribution < 1.29 is 28.3 Å². The summed E-state index contributed by atoms with van der Waals surface area (Å²) >= 11 is 0. The molecule has 6 N–H and O–H groups in total. The number of nitrogens with zero attached hydrogens (tertiary/aromatic N) is 1. The van der Waals surface area contributed by atoms with Crippen LogP contribution in [0.5, 0.6) is 0 Å². The summed E-state index contributed by atoms with van der Waals surface area (Å²) in [5, 5.41) is 15.0. The lowest BCUT2D eigenvalue weighted by molar-refractivity contribution is -0.121. The number of rotatable bonds is 10. The zero-order valence-corrected chi connectivity index (χ0v) is 22.7. The molecule has 0 saturated heterocycles. The van der Waals surface area contributed by atoms with Crippen LogP contribution < -0.4 is 16.4 Å². The summed E-state index contributed by atoms with van der Waals surface area (Å²) in [6.45, 7) is 0.105.